The van der Waals surface area contributed by atoms with Gasteiger partial charge >= 0.3 is 17.3 Å². The molecule has 0 unspecified atom stereocenters. The number of nitrogens with one attached hydrogen (secondary N) is 5. The quantitative estimate of drug-likeness (QED) is 0.0421. The second-order valence-electron chi connectivity index (χ2n) is 26.8. The maximum atomic E-state index is 14.7. The lowest BCUT2D eigenvalue weighted by Gasteiger charge is -2.12. The molecule has 5 aliphatic carbocycles. The number of rotatable bonds is 22. The summed E-state index contributed by atoms with van der Waals surface area (Å²) in [6.45, 7) is 1.85. The summed E-state index contributed by atoms with van der Waals surface area (Å²) in [4.78, 5) is 81.5. The number of halogens is 7. The molecule has 610 valence electrons. The molecule has 15 aromatic rings. The third kappa shape index (κ3) is 19.1. The van der Waals surface area contributed by atoms with Crippen LogP contribution in [0.5, 0.6) is 40.2 Å². The van der Waals surface area contributed by atoms with Crippen LogP contribution in [0, 0.1) is 18.6 Å². The van der Waals surface area contributed by atoms with Gasteiger partial charge in [-0.05, 0) is 173 Å². The van der Waals surface area contributed by atoms with Crippen LogP contribution in [-0.4, -0.2) is 166 Å². The van der Waals surface area contributed by atoms with E-state index in [0.29, 0.717) is 116 Å². The molecule has 5 aliphatic rings. The fraction of sp³-hybridized carbons (Fsp3) is 0.237. The molecule has 0 aliphatic heterocycles. The highest BCUT2D eigenvalue weighted by Gasteiger charge is 2.31. The molecule has 0 atom stereocenters. The van der Waals surface area contributed by atoms with Gasteiger partial charge in [0.05, 0.1) is 75.5 Å². The molecule has 0 bridgehead atoms. The number of aromatic nitrogens is 24. The molecule has 5 N–H and O–H groups in total. The second-order valence-corrected chi connectivity index (χ2v) is 28.8. The molecule has 0 saturated heterocycles. The van der Waals surface area contributed by atoms with Gasteiger partial charge in [0.25, 0.3) is 0 Å². The van der Waals surface area contributed by atoms with E-state index in [4.69, 9.17) is 91.2 Å². The largest absolute Gasteiger partial charge is 0.492 e. The number of benzene rings is 5. The van der Waals surface area contributed by atoms with Crippen molar-refractivity contribution in [2.75, 3.05) is 14.2 Å². The van der Waals surface area contributed by atoms with Crippen molar-refractivity contribution in [3.63, 3.8) is 0 Å². The monoisotopic (exact) mass is 1730 g/mol. The van der Waals surface area contributed by atoms with Gasteiger partial charge in [0.15, 0.2) is 40.2 Å². The van der Waals surface area contributed by atoms with E-state index in [9.17, 15) is 23.2 Å². The predicted octanol–water partition coefficient (Wildman–Crippen LogP) is 13.7. The van der Waals surface area contributed by atoms with Crippen LogP contribution in [0.3, 0.4) is 0 Å². The molecular weight excluding hydrogens is 1670 g/mol. The van der Waals surface area contributed by atoms with Crippen LogP contribution in [0.1, 0.15) is 69.8 Å². The Balaban J connectivity index is 0.000000112. The van der Waals surface area contributed by atoms with Crippen LogP contribution in [0.25, 0.3) is 114 Å². The summed E-state index contributed by atoms with van der Waals surface area (Å²) in [7, 11) is 3.02. The lowest BCUT2D eigenvalue weighted by molar-refractivity contribution is 0.303. The molecule has 10 aromatic heterocycles. The van der Waals surface area contributed by atoms with Crippen molar-refractivity contribution in [2.45, 2.75) is 102 Å². The van der Waals surface area contributed by atoms with Crippen molar-refractivity contribution in [1.82, 2.24) is 122 Å². The van der Waals surface area contributed by atoms with Gasteiger partial charge in [0.2, 0.25) is 29.1 Å². The summed E-state index contributed by atoms with van der Waals surface area (Å²) in [6.07, 6.45) is 18.4. The second kappa shape index (κ2) is 35.7. The Hall–Kier alpha value is -13.6. The minimum absolute atomic E-state index is 0.0295. The number of ether oxygens (including phenoxy) is 7. The Morgan fingerprint density at radius 2 is 0.625 bits per heavy atom. The third-order valence-electron chi connectivity index (χ3n) is 17.9. The Morgan fingerprint density at radius 1 is 0.350 bits per heavy atom. The first kappa shape index (κ1) is 80.2. The van der Waals surface area contributed by atoms with Gasteiger partial charge in [0, 0.05) is 33.4 Å². The average Bonchev–Trinajstić information content (AvgIpc) is 1.60. The van der Waals surface area contributed by atoms with E-state index < -0.39 is 28.9 Å². The van der Waals surface area contributed by atoms with Crippen molar-refractivity contribution in [1.29, 1.82) is 0 Å². The van der Waals surface area contributed by atoms with Gasteiger partial charge in [0.1, 0.15) is 94.5 Å². The first-order chi connectivity index (χ1) is 58.4. The number of H-pyrrole nitrogens is 5. The summed E-state index contributed by atoms with van der Waals surface area (Å²) < 4.78 is 82.3. The predicted molar refractivity (Wildman–Crippen MR) is 423 cm³/mol. The van der Waals surface area contributed by atoms with E-state index in [0.717, 1.165) is 86.5 Å². The molecule has 0 spiro atoms. The molecule has 0 radical (unpaired) electrons. The molecule has 5 saturated carbocycles. The molecular formula is C76H59Cl5F2N24O13. The zero-order valence-corrected chi connectivity index (χ0v) is 66.2. The van der Waals surface area contributed by atoms with Crippen molar-refractivity contribution in [2.24, 2.45) is 0 Å². The van der Waals surface area contributed by atoms with Crippen LogP contribution in [-0.2, 0) is 0 Å². The minimum atomic E-state index is -0.797. The standard InChI is InChI=1S/C16H13ClN4O4.C16H13ClN4O3.C15H10ClFN4O3.C15H13ClN6O2.C14H10ClFN6O/c1-23-14-12(18-7-19-13(14)15-20-16(22)25-21-15)8-2-5-11(10(17)6-8)24-9-3-4-9;1-8-13(18-7-19-14(8)15-20-16(22)24-21-15)9-2-5-12(11(17)6-9)23-10-3-4-10;16-9-5-7(1-4-10(9)23-8-2-3-8)12-11(17)13(19-6-18-12)14-20-15(22)24-21-14;1-23-14-12(17-7-18-13(14)15-19-21-22-20-15)8-2-5-11(10(16)6-8)24-9-3-4-9;15-9-5-7(1-4-10(9)23-8-2-3-8)12-11(16)13(18-6-17-12)14-19-21-22-20-14/h2,5-7,9H,3-4H2,1H3,(H,20,21,22);2,5-7,10H,3-4H2,1H3,(H,20,21,22);1,4-6,8H,2-3H2,(H,20,21,22);2,5-7,9H,3-4H2,1H3,(H,19,20,21,22);1,4-6,8H,2-3H2,(H,19,20,21,22). The van der Waals surface area contributed by atoms with E-state index in [1.165, 1.54) is 45.9 Å². The molecule has 120 heavy (non-hydrogen) atoms. The summed E-state index contributed by atoms with van der Waals surface area (Å²) in [5, 5.41) is 40.0. The molecule has 20 rings (SSSR count). The molecule has 5 aromatic carbocycles. The Kier molecular flexibility index (Phi) is 23.8. The first-order valence-corrected chi connectivity index (χ1v) is 38.4. The lowest BCUT2D eigenvalue weighted by atomic mass is 10.1. The fourth-order valence-electron chi connectivity index (χ4n) is 11.4. The zero-order valence-electron chi connectivity index (χ0n) is 62.5. The van der Waals surface area contributed by atoms with Gasteiger partial charge in [-0.25, -0.2) is 73.0 Å². The van der Waals surface area contributed by atoms with Gasteiger partial charge < -0.3 is 33.2 Å². The van der Waals surface area contributed by atoms with Crippen LogP contribution in [0.4, 0.5) is 8.78 Å². The molecule has 0 amide bonds. The molecule has 44 heteroatoms. The summed E-state index contributed by atoms with van der Waals surface area (Å²) in [6, 6.07) is 26.4. The Labute approximate surface area is 697 Å². The van der Waals surface area contributed by atoms with Crippen molar-refractivity contribution < 1.29 is 55.5 Å². The fourth-order valence-corrected chi connectivity index (χ4v) is 12.5. The highest BCUT2D eigenvalue weighted by molar-refractivity contribution is 6.34. The van der Waals surface area contributed by atoms with Crippen molar-refractivity contribution in [3.05, 3.63) is 197 Å². The van der Waals surface area contributed by atoms with Crippen LogP contribution in [0.2, 0.25) is 25.1 Å². The molecule has 10 heterocycles. The van der Waals surface area contributed by atoms with E-state index in [2.05, 4.69) is 135 Å². The van der Waals surface area contributed by atoms with E-state index in [1.807, 2.05) is 43.3 Å². The van der Waals surface area contributed by atoms with Gasteiger partial charge in [-0.2, -0.15) is 10.4 Å². The van der Waals surface area contributed by atoms with Crippen LogP contribution in [0.15, 0.2) is 151 Å². The maximum absolute atomic E-state index is 14.7. The van der Waals surface area contributed by atoms with Gasteiger partial charge in [-0.15, -0.1) is 20.4 Å². The highest BCUT2D eigenvalue weighted by atomic mass is 35.5. The number of hydrogen-bond donors (Lipinski definition) is 5. The smallest absolute Gasteiger partial charge is 0.439 e. The molecule has 5 fully saturated rings. The third-order valence-corrected chi connectivity index (χ3v) is 19.4. The number of hydrogen-bond acceptors (Lipinski definition) is 32. The van der Waals surface area contributed by atoms with Crippen molar-refractivity contribution >= 4 is 58.0 Å². The highest BCUT2D eigenvalue weighted by Crippen LogP contribution is 2.44. The minimum Gasteiger partial charge on any atom is -0.492 e. The topological polar surface area (TPSA) is 479 Å². The van der Waals surface area contributed by atoms with Crippen LogP contribution >= 0.6 is 58.0 Å². The summed E-state index contributed by atoms with van der Waals surface area (Å²) >= 11 is 31.4. The number of methoxy groups -OCH3 is 2. The summed E-state index contributed by atoms with van der Waals surface area (Å²) in [5.41, 5.74) is 7.07. The van der Waals surface area contributed by atoms with Gasteiger partial charge in [-0.3, -0.25) is 28.5 Å². The number of nitrogens with zero attached hydrogens (tertiary/aromatic N) is 19. The van der Waals surface area contributed by atoms with Crippen molar-refractivity contribution in [3.8, 4) is 154 Å². The van der Waals surface area contributed by atoms with Gasteiger partial charge in [-0.1, -0.05) is 73.5 Å². The SMILES string of the molecule is COc1c(-c2ccc(OC3CC3)c(Cl)c2)ncnc1-c1nn[nH]n1.COc1c(-c2ccc(OC3CC3)c(Cl)c2)ncnc1-c1noc(=O)[nH]1.Cc1c(-c2ccc(OC3CC3)c(Cl)c2)ncnc1-c1noc(=O)[nH]1.Fc1c(-c2ccc(OC3CC3)c(Cl)c2)ncnc1-c1nn[nH]n1.O=c1[nH]c(-c2ncnc(-c3ccc(OC4CC4)c(Cl)c3)c2F)no1. The first-order valence-electron chi connectivity index (χ1n) is 36.5. The molecule has 37 nitrogen and oxygen atoms in total. The average molecular weight is 1730 g/mol. The Morgan fingerprint density at radius 3 is 0.958 bits per heavy atom. The normalized spacial score (nSPS) is 13.8. The zero-order chi connectivity index (χ0) is 83.1. The number of tetrazole rings is 2. The number of aromatic amines is 5. The van der Waals surface area contributed by atoms with E-state index >= 15 is 0 Å². The van der Waals surface area contributed by atoms with Crippen LogP contribution < -0.4 is 50.4 Å². The van der Waals surface area contributed by atoms with E-state index in [-0.39, 0.29) is 76.6 Å². The maximum Gasteiger partial charge on any atom is 0.439 e. The lowest BCUT2D eigenvalue weighted by Crippen LogP contribution is -2.01. The Bertz CT molecular complexity index is 6250. The summed E-state index contributed by atoms with van der Waals surface area (Å²) in [5.74, 6) is 1.15. The van der Waals surface area contributed by atoms with E-state index in [1.54, 1.807) is 54.6 Å².